The number of anilines is 1. The number of hydrogen-bond donors (Lipinski definition) is 2. The molecule has 2 aromatic heterocycles. The maximum absolute atomic E-state index is 12.7. The molecule has 0 radical (unpaired) electrons. The zero-order valence-electron chi connectivity index (χ0n) is 16.5. The Bertz CT molecular complexity index is 1010. The van der Waals surface area contributed by atoms with E-state index in [1.54, 1.807) is 13.8 Å². The van der Waals surface area contributed by atoms with Gasteiger partial charge in [0.1, 0.15) is 10.8 Å². The third kappa shape index (κ3) is 6.86. The van der Waals surface area contributed by atoms with Crippen LogP contribution in [0.2, 0.25) is 5.02 Å². The van der Waals surface area contributed by atoms with E-state index in [9.17, 15) is 22.8 Å². The van der Waals surface area contributed by atoms with Gasteiger partial charge in [-0.1, -0.05) is 31.4 Å². The second-order valence-corrected chi connectivity index (χ2v) is 6.97. The Labute approximate surface area is 181 Å². The highest BCUT2D eigenvalue weighted by Crippen LogP contribution is 2.33. The number of pyridine rings is 2. The second-order valence-electron chi connectivity index (χ2n) is 6.57. The van der Waals surface area contributed by atoms with Gasteiger partial charge in [-0.2, -0.15) is 13.2 Å². The summed E-state index contributed by atoms with van der Waals surface area (Å²) in [6, 6.07) is 3.48. The molecule has 0 saturated carbocycles. The van der Waals surface area contributed by atoms with E-state index < -0.39 is 23.8 Å². The summed E-state index contributed by atoms with van der Waals surface area (Å²) < 4.78 is 43.4. The first kappa shape index (κ1) is 24.0. The van der Waals surface area contributed by atoms with Gasteiger partial charge in [0.25, 0.3) is 5.91 Å². The Morgan fingerprint density at radius 3 is 2.58 bits per heavy atom. The van der Waals surface area contributed by atoms with Crippen molar-refractivity contribution in [3.05, 3.63) is 46.7 Å². The van der Waals surface area contributed by atoms with Crippen LogP contribution in [0.5, 0.6) is 5.88 Å². The van der Waals surface area contributed by atoms with Gasteiger partial charge < -0.3 is 15.4 Å². The van der Waals surface area contributed by atoms with Crippen molar-refractivity contribution in [1.29, 1.82) is 0 Å². The van der Waals surface area contributed by atoms with Crippen LogP contribution in [0, 0.1) is 18.3 Å². The SMILES string of the molecule is C#C[C@H](CNC(=O)c1ccnc(NC(=O)C(C)C)c1)Oc1ncc(C(F)(F)F)cc1Cl. The van der Waals surface area contributed by atoms with Crippen LogP contribution in [0.1, 0.15) is 29.8 Å². The minimum Gasteiger partial charge on any atom is -0.458 e. The molecule has 0 fully saturated rings. The number of carbonyl (C=O) groups is 2. The van der Waals surface area contributed by atoms with Crippen LogP contribution < -0.4 is 15.4 Å². The van der Waals surface area contributed by atoms with Crippen molar-refractivity contribution >= 4 is 29.2 Å². The summed E-state index contributed by atoms with van der Waals surface area (Å²) in [5.41, 5.74) is -0.830. The first-order valence-corrected chi connectivity index (χ1v) is 9.29. The number of aromatic nitrogens is 2. The minimum absolute atomic E-state index is 0.176. The number of halogens is 4. The summed E-state index contributed by atoms with van der Waals surface area (Å²) in [4.78, 5) is 31.6. The molecule has 0 saturated heterocycles. The van der Waals surface area contributed by atoms with Crippen LogP contribution in [-0.4, -0.2) is 34.4 Å². The maximum Gasteiger partial charge on any atom is 0.417 e. The molecule has 2 N–H and O–H groups in total. The molecule has 1 atom stereocenters. The van der Waals surface area contributed by atoms with Gasteiger partial charge in [0, 0.05) is 23.9 Å². The van der Waals surface area contributed by atoms with E-state index in [1.807, 2.05) is 0 Å². The lowest BCUT2D eigenvalue weighted by Crippen LogP contribution is -2.34. The van der Waals surface area contributed by atoms with Gasteiger partial charge in [-0.15, -0.1) is 6.42 Å². The topological polar surface area (TPSA) is 93.2 Å². The van der Waals surface area contributed by atoms with E-state index in [1.165, 1.54) is 18.3 Å². The molecule has 7 nitrogen and oxygen atoms in total. The van der Waals surface area contributed by atoms with Crippen molar-refractivity contribution in [2.24, 2.45) is 5.92 Å². The third-order valence-corrected chi connectivity index (χ3v) is 4.09. The summed E-state index contributed by atoms with van der Waals surface area (Å²) in [6.07, 6.45) is 1.63. The van der Waals surface area contributed by atoms with Crippen LogP contribution in [0.15, 0.2) is 30.6 Å². The molecule has 0 unspecified atom stereocenters. The number of terminal acetylenes is 1. The molecule has 0 aliphatic rings. The number of hydrogen-bond acceptors (Lipinski definition) is 5. The molecule has 2 aromatic rings. The molecule has 0 aliphatic carbocycles. The van der Waals surface area contributed by atoms with Gasteiger partial charge in [-0.25, -0.2) is 9.97 Å². The van der Waals surface area contributed by atoms with Gasteiger partial charge >= 0.3 is 6.18 Å². The van der Waals surface area contributed by atoms with Gasteiger partial charge in [-0.05, 0) is 18.2 Å². The van der Waals surface area contributed by atoms with Crippen LogP contribution in [0.3, 0.4) is 0 Å². The standard InChI is InChI=1S/C20H18ClF3N4O3/c1-4-14(31-19-15(21)8-13(9-27-19)20(22,23)24)10-26-18(30)12-5-6-25-16(7-12)28-17(29)11(2)3/h1,5-9,11,14H,10H2,2-3H3,(H,26,30)(H,25,28,29)/t14-/m1/s1. The summed E-state index contributed by atoms with van der Waals surface area (Å²) in [7, 11) is 0. The van der Waals surface area contributed by atoms with Gasteiger partial charge in [-0.3, -0.25) is 9.59 Å². The molecule has 2 amide bonds. The van der Waals surface area contributed by atoms with Crippen molar-refractivity contribution in [2.75, 3.05) is 11.9 Å². The highest BCUT2D eigenvalue weighted by atomic mass is 35.5. The number of nitrogens with one attached hydrogen (secondary N) is 2. The van der Waals surface area contributed by atoms with Crippen molar-refractivity contribution < 1.29 is 27.5 Å². The fourth-order valence-corrected chi connectivity index (χ4v) is 2.35. The third-order valence-electron chi connectivity index (χ3n) is 3.82. The summed E-state index contributed by atoms with van der Waals surface area (Å²) in [5.74, 6) is 1.11. The van der Waals surface area contributed by atoms with Crippen molar-refractivity contribution in [3.63, 3.8) is 0 Å². The lowest BCUT2D eigenvalue weighted by molar-refractivity contribution is -0.137. The quantitative estimate of drug-likeness (QED) is 0.624. The molecule has 164 valence electrons. The lowest BCUT2D eigenvalue weighted by Gasteiger charge is -2.16. The molecule has 2 rings (SSSR count). The van der Waals surface area contributed by atoms with E-state index in [2.05, 4.69) is 26.5 Å². The van der Waals surface area contributed by atoms with E-state index in [-0.39, 0.29) is 40.7 Å². The number of ether oxygens (including phenoxy) is 1. The summed E-state index contributed by atoms with van der Waals surface area (Å²) >= 11 is 5.79. The number of alkyl halides is 3. The fraction of sp³-hybridized carbons (Fsp3) is 0.300. The second kappa shape index (κ2) is 10.1. The molecule has 31 heavy (non-hydrogen) atoms. The van der Waals surface area contributed by atoms with Crippen LogP contribution >= 0.6 is 11.6 Å². The van der Waals surface area contributed by atoms with Crippen molar-refractivity contribution in [1.82, 2.24) is 15.3 Å². The molecule has 0 bridgehead atoms. The Kier molecular flexibility index (Phi) is 7.83. The first-order valence-electron chi connectivity index (χ1n) is 8.92. The number of nitrogens with zero attached hydrogens (tertiary/aromatic N) is 2. The molecular weight excluding hydrogens is 437 g/mol. The summed E-state index contributed by atoms with van der Waals surface area (Å²) in [5, 5.41) is 4.73. The molecular formula is C20H18ClF3N4O3. The van der Waals surface area contributed by atoms with Gasteiger partial charge in [0.05, 0.1) is 12.1 Å². The van der Waals surface area contributed by atoms with E-state index in [0.29, 0.717) is 12.3 Å². The lowest BCUT2D eigenvalue weighted by atomic mass is 10.2. The summed E-state index contributed by atoms with van der Waals surface area (Å²) in [6.45, 7) is 3.25. The average Bonchev–Trinajstić information content (AvgIpc) is 2.71. The molecule has 11 heteroatoms. The Morgan fingerprint density at radius 2 is 2.00 bits per heavy atom. The van der Waals surface area contributed by atoms with E-state index >= 15 is 0 Å². The van der Waals surface area contributed by atoms with E-state index in [4.69, 9.17) is 22.8 Å². The fourth-order valence-electron chi connectivity index (χ4n) is 2.13. The Balaban J connectivity index is 2.01. The Morgan fingerprint density at radius 1 is 1.29 bits per heavy atom. The maximum atomic E-state index is 12.7. The van der Waals surface area contributed by atoms with Gasteiger partial charge in [0.15, 0.2) is 6.10 Å². The number of rotatable bonds is 7. The highest BCUT2D eigenvalue weighted by molar-refractivity contribution is 6.31. The largest absolute Gasteiger partial charge is 0.458 e. The average molecular weight is 455 g/mol. The minimum atomic E-state index is -4.60. The Hall–Kier alpha value is -3.32. The van der Waals surface area contributed by atoms with Crippen molar-refractivity contribution in [3.8, 4) is 18.2 Å². The van der Waals surface area contributed by atoms with Crippen molar-refractivity contribution in [2.45, 2.75) is 26.1 Å². The predicted molar refractivity (Wildman–Crippen MR) is 108 cm³/mol. The highest BCUT2D eigenvalue weighted by Gasteiger charge is 2.32. The monoisotopic (exact) mass is 454 g/mol. The number of carbonyl (C=O) groups excluding carboxylic acids is 2. The smallest absolute Gasteiger partial charge is 0.417 e. The molecule has 0 spiro atoms. The number of amides is 2. The predicted octanol–water partition coefficient (Wildman–Crippen LogP) is 3.55. The molecule has 2 heterocycles. The van der Waals surface area contributed by atoms with Crippen LogP contribution in [0.25, 0.3) is 0 Å². The molecule has 0 aromatic carbocycles. The van der Waals surface area contributed by atoms with Crippen LogP contribution in [0.4, 0.5) is 19.0 Å². The normalized spacial score (nSPS) is 12.1. The van der Waals surface area contributed by atoms with E-state index in [0.717, 1.165) is 0 Å². The molecule has 0 aliphatic heterocycles. The first-order chi connectivity index (χ1) is 14.5. The van der Waals surface area contributed by atoms with Gasteiger partial charge in [0.2, 0.25) is 11.8 Å². The van der Waals surface area contributed by atoms with Crippen LogP contribution in [-0.2, 0) is 11.0 Å². The zero-order chi connectivity index (χ0) is 23.2. The zero-order valence-corrected chi connectivity index (χ0v) is 17.2.